The predicted molar refractivity (Wildman–Crippen MR) is 114 cm³/mol. The first-order valence-electron chi connectivity index (χ1n) is 9.82. The van der Waals surface area contributed by atoms with Crippen LogP contribution in [0.4, 0.5) is 0 Å². The van der Waals surface area contributed by atoms with E-state index in [1.807, 2.05) is 0 Å². The topological polar surface area (TPSA) is 299 Å². The molecule has 0 bridgehead atoms. The summed E-state index contributed by atoms with van der Waals surface area (Å²) < 4.78 is 0. The Morgan fingerprint density at radius 3 is 1.97 bits per heavy atom. The Balaban J connectivity index is 5.55. The van der Waals surface area contributed by atoms with Gasteiger partial charge < -0.3 is 54.2 Å². The summed E-state index contributed by atoms with van der Waals surface area (Å²) in [7, 11) is 0. The van der Waals surface area contributed by atoms with Crippen molar-refractivity contribution in [2.45, 2.75) is 56.5 Å². The Hall–Kier alpha value is -3.50. The van der Waals surface area contributed by atoms with Crippen molar-refractivity contribution in [3.8, 4) is 0 Å². The average Bonchev–Trinajstić information content (AvgIpc) is 2.71. The third-order valence-corrected chi connectivity index (χ3v) is 4.19. The summed E-state index contributed by atoms with van der Waals surface area (Å²) in [5.74, 6) is -5.60. The maximum atomic E-state index is 12.7. The van der Waals surface area contributed by atoms with Gasteiger partial charge in [-0.15, -0.1) is 0 Å². The van der Waals surface area contributed by atoms with Crippen LogP contribution in [-0.2, 0) is 24.0 Å². The lowest BCUT2D eigenvalue weighted by Crippen LogP contribution is -2.60. The maximum Gasteiger partial charge on any atom is 0.326 e. The molecule has 16 heteroatoms. The van der Waals surface area contributed by atoms with Crippen molar-refractivity contribution in [3.05, 3.63) is 0 Å². The van der Waals surface area contributed by atoms with Crippen molar-refractivity contribution in [1.29, 1.82) is 0 Å². The fourth-order valence-corrected chi connectivity index (χ4v) is 2.46. The number of carbonyl (C=O) groups excluding carboxylic acids is 4. The summed E-state index contributed by atoms with van der Waals surface area (Å²) in [6.45, 7) is 0.552. The van der Waals surface area contributed by atoms with Crippen molar-refractivity contribution >= 4 is 35.6 Å². The highest BCUT2D eigenvalue weighted by Crippen LogP contribution is 2.04. The van der Waals surface area contributed by atoms with Crippen LogP contribution in [0.3, 0.4) is 0 Å². The summed E-state index contributed by atoms with van der Waals surface area (Å²) in [5, 5.41) is 34.6. The number of amides is 4. The number of aliphatic hydroxyl groups is 2. The van der Waals surface area contributed by atoms with Gasteiger partial charge in [-0.05, 0) is 19.8 Å². The zero-order valence-electron chi connectivity index (χ0n) is 18.1. The predicted octanol–water partition coefficient (Wildman–Crippen LogP) is -5.85. The van der Waals surface area contributed by atoms with E-state index >= 15 is 0 Å². The molecule has 5 atom stereocenters. The van der Waals surface area contributed by atoms with Crippen molar-refractivity contribution < 1.29 is 39.3 Å². The molecule has 0 rings (SSSR count). The number of hydrogen-bond donors (Lipinski definition) is 10. The van der Waals surface area contributed by atoms with Gasteiger partial charge in [-0.1, -0.05) is 0 Å². The van der Waals surface area contributed by atoms with Gasteiger partial charge in [0, 0.05) is 6.54 Å². The van der Waals surface area contributed by atoms with Crippen LogP contribution in [0.5, 0.6) is 0 Å². The molecule has 5 unspecified atom stereocenters. The van der Waals surface area contributed by atoms with Gasteiger partial charge in [-0.3, -0.25) is 24.2 Å². The first kappa shape index (κ1) is 29.5. The SMILES string of the molecule is CC(O)C(NC(=O)C(N)CO)C(=O)NC(CCCN=C(N)N)C(=O)NC(CC(N)=O)C(=O)O. The van der Waals surface area contributed by atoms with Crippen LogP contribution >= 0.6 is 0 Å². The van der Waals surface area contributed by atoms with E-state index in [9.17, 15) is 34.2 Å². The monoisotopic (exact) mass is 476 g/mol. The Morgan fingerprint density at radius 1 is 0.939 bits per heavy atom. The number of primary amides is 1. The number of carboxylic acids is 1. The Morgan fingerprint density at radius 2 is 1.52 bits per heavy atom. The van der Waals surface area contributed by atoms with Crippen LogP contribution in [0.25, 0.3) is 0 Å². The fourth-order valence-electron chi connectivity index (χ4n) is 2.46. The van der Waals surface area contributed by atoms with Gasteiger partial charge in [-0.25, -0.2) is 4.79 Å². The number of nitrogens with one attached hydrogen (secondary N) is 3. The molecule has 0 radical (unpaired) electrons. The number of aliphatic imine (C=N–C) groups is 1. The lowest BCUT2D eigenvalue weighted by Gasteiger charge is -2.26. The van der Waals surface area contributed by atoms with E-state index in [-0.39, 0.29) is 25.3 Å². The summed E-state index contributed by atoms with van der Waals surface area (Å²) in [5.41, 5.74) is 20.8. The molecule has 0 saturated carbocycles. The van der Waals surface area contributed by atoms with Crippen molar-refractivity contribution in [2.75, 3.05) is 13.2 Å². The highest BCUT2D eigenvalue weighted by molar-refractivity contribution is 5.95. The van der Waals surface area contributed by atoms with E-state index in [1.165, 1.54) is 6.92 Å². The molecule has 0 fully saturated rings. The highest BCUT2D eigenvalue weighted by Gasteiger charge is 2.32. The van der Waals surface area contributed by atoms with Crippen LogP contribution < -0.4 is 38.9 Å². The van der Waals surface area contributed by atoms with Crippen LogP contribution in [0.15, 0.2) is 4.99 Å². The molecule has 0 aliphatic rings. The molecule has 0 spiro atoms. The maximum absolute atomic E-state index is 12.7. The lowest BCUT2D eigenvalue weighted by atomic mass is 10.1. The number of nitrogens with zero attached hydrogens (tertiary/aromatic N) is 1. The van der Waals surface area contributed by atoms with Crippen molar-refractivity contribution in [3.63, 3.8) is 0 Å². The zero-order chi connectivity index (χ0) is 25.7. The summed E-state index contributed by atoms with van der Waals surface area (Å²) in [6, 6.07) is -5.92. The van der Waals surface area contributed by atoms with Gasteiger partial charge in [0.05, 0.1) is 19.1 Å². The number of nitrogens with two attached hydrogens (primary N) is 4. The molecule has 0 aromatic heterocycles. The molecular formula is C17H32N8O8. The second-order valence-electron chi connectivity index (χ2n) is 7.10. The molecule has 0 aromatic carbocycles. The molecule has 0 saturated heterocycles. The lowest BCUT2D eigenvalue weighted by molar-refractivity contribution is -0.144. The van der Waals surface area contributed by atoms with Crippen LogP contribution in [0, 0.1) is 0 Å². The smallest absolute Gasteiger partial charge is 0.326 e. The van der Waals surface area contributed by atoms with Crippen LogP contribution in [-0.4, -0.2) is 94.3 Å². The van der Waals surface area contributed by atoms with E-state index in [0.29, 0.717) is 0 Å². The number of aliphatic carboxylic acids is 1. The van der Waals surface area contributed by atoms with Gasteiger partial charge in [0.25, 0.3) is 0 Å². The van der Waals surface area contributed by atoms with Gasteiger partial charge in [-0.2, -0.15) is 0 Å². The Bertz CT molecular complexity index is 741. The zero-order valence-corrected chi connectivity index (χ0v) is 18.1. The van der Waals surface area contributed by atoms with Gasteiger partial charge in [0.1, 0.15) is 24.2 Å². The molecule has 188 valence electrons. The summed E-state index contributed by atoms with van der Waals surface area (Å²) >= 11 is 0. The first-order chi connectivity index (χ1) is 15.3. The average molecular weight is 476 g/mol. The molecule has 0 heterocycles. The fraction of sp³-hybridized carbons (Fsp3) is 0.647. The molecule has 0 aliphatic carbocycles. The first-order valence-corrected chi connectivity index (χ1v) is 9.82. The number of rotatable bonds is 15. The van der Waals surface area contributed by atoms with Crippen molar-refractivity contribution in [1.82, 2.24) is 16.0 Å². The van der Waals surface area contributed by atoms with Gasteiger partial charge in [0.2, 0.25) is 23.6 Å². The van der Waals surface area contributed by atoms with Gasteiger partial charge in [0.15, 0.2) is 5.96 Å². The number of carboxylic acid groups (broad SMARTS) is 1. The molecule has 33 heavy (non-hydrogen) atoms. The van der Waals surface area contributed by atoms with E-state index in [0.717, 1.165) is 0 Å². The molecular weight excluding hydrogens is 444 g/mol. The molecule has 0 aliphatic heterocycles. The molecule has 16 nitrogen and oxygen atoms in total. The second kappa shape index (κ2) is 14.5. The minimum absolute atomic E-state index is 0.0755. The largest absolute Gasteiger partial charge is 0.480 e. The summed E-state index contributed by atoms with van der Waals surface area (Å²) in [6.07, 6.45) is -2.02. The number of carbonyl (C=O) groups is 5. The van der Waals surface area contributed by atoms with E-state index in [2.05, 4.69) is 20.9 Å². The Labute approximate surface area is 189 Å². The quantitative estimate of drug-likeness (QED) is 0.0602. The van der Waals surface area contributed by atoms with Gasteiger partial charge >= 0.3 is 5.97 Å². The third kappa shape index (κ3) is 11.6. The minimum atomic E-state index is -1.65. The molecule has 4 amide bonds. The third-order valence-electron chi connectivity index (χ3n) is 4.19. The van der Waals surface area contributed by atoms with Crippen LogP contribution in [0.2, 0.25) is 0 Å². The standard InChI is InChI=1S/C17H32N8O8/c1-7(27)12(25-13(29)8(18)6-26)15(31)23-9(3-2-4-22-17(20)21)14(30)24-10(16(32)33)5-11(19)28/h7-10,12,26-27H,2-6,18H2,1H3,(H2,19,28)(H,23,31)(H,24,30)(H,25,29)(H,32,33)(H4,20,21,22). The van der Waals surface area contributed by atoms with Crippen LogP contribution in [0.1, 0.15) is 26.2 Å². The summed E-state index contributed by atoms with van der Waals surface area (Å²) in [4.78, 5) is 63.3. The molecule has 0 aromatic rings. The number of guanidine groups is 1. The minimum Gasteiger partial charge on any atom is -0.480 e. The van der Waals surface area contributed by atoms with E-state index < -0.39 is 72.9 Å². The molecule has 14 N–H and O–H groups in total. The number of aliphatic hydroxyl groups excluding tert-OH is 2. The highest BCUT2D eigenvalue weighted by atomic mass is 16.4. The number of hydrogen-bond acceptors (Lipinski definition) is 9. The van der Waals surface area contributed by atoms with Crippen molar-refractivity contribution in [2.24, 2.45) is 27.9 Å². The second-order valence-corrected chi connectivity index (χ2v) is 7.10. The normalized spacial score (nSPS) is 15.2. The Kier molecular flexibility index (Phi) is 13.0. The van der Waals surface area contributed by atoms with E-state index in [1.54, 1.807) is 0 Å². The van der Waals surface area contributed by atoms with E-state index in [4.69, 9.17) is 28.0 Å².